The predicted octanol–water partition coefficient (Wildman–Crippen LogP) is 1.80. The molecule has 0 aliphatic heterocycles. The zero-order valence-electron chi connectivity index (χ0n) is 9.83. The third-order valence-electron chi connectivity index (χ3n) is 2.36. The second kappa shape index (κ2) is 6.09. The summed E-state index contributed by atoms with van der Waals surface area (Å²) in [5, 5.41) is 12.1. The number of aryl methyl sites for hydroxylation is 1. The van der Waals surface area contributed by atoms with Gasteiger partial charge in [-0.1, -0.05) is 13.3 Å². The number of pyridine rings is 1. The lowest BCUT2D eigenvalue weighted by Crippen LogP contribution is -2.29. The molecule has 16 heavy (non-hydrogen) atoms. The molecule has 0 saturated heterocycles. The summed E-state index contributed by atoms with van der Waals surface area (Å²) in [5.74, 6) is 0.737. The zero-order chi connectivity index (χ0) is 12.0. The fraction of sp³-hybridized carbons (Fsp3) is 0.500. The van der Waals surface area contributed by atoms with Crippen molar-refractivity contribution < 1.29 is 0 Å². The Kier molecular flexibility index (Phi) is 4.74. The van der Waals surface area contributed by atoms with Gasteiger partial charge in [-0.15, -0.1) is 0 Å². The van der Waals surface area contributed by atoms with Gasteiger partial charge in [0.15, 0.2) is 0 Å². The lowest BCUT2D eigenvalue weighted by Gasteiger charge is -2.16. The number of nitrogens with zero attached hydrogens (tertiary/aromatic N) is 2. The van der Waals surface area contributed by atoms with Crippen molar-refractivity contribution in [3.63, 3.8) is 0 Å². The van der Waals surface area contributed by atoms with Gasteiger partial charge in [-0.3, -0.25) is 0 Å². The first-order valence-electron chi connectivity index (χ1n) is 5.55. The van der Waals surface area contributed by atoms with Crippen molar-refractivity contribution >= 4 is 5.82 Å². The van der Waals surface area contributed by atoms with E-state index in [-0.39, 0.29) is 6.04 Å². The van der Waals surface area contributed by atoms with E-state index in [1.54, 1.807) is 12.1 Å². The van der Waals surface area contributed by atoms with Gasteiger partial charge < -0.3 is 11.1 Å². The number of rotatable bonds is 5. The average Bonchev–Trinajstić information content (AvgIpc) is 2.27. The van der Waals surface area contributed by atoms with Crippen molar-refractivity contribution in [1.29, 1.82) is 5.26 Å². The fourth-order valence-electron chi connectivity index (χ4n) is 1.61. The third kappa shape index (κ3) is 3.52. The molecule has 3 N–H and O–H groups in total. The summed E-state index contributed by atoms with van der Waals surface area (Å²) >= 11 is 0. The standard InChI is InChI=1S/C12H18N4/c1-3-4-11(8-14)16-12-6-10(7-13)5-9(2)15-12/h5-6,11H,3-4,8,14H2,1-2H3,(H,15,16). The molecule has 0 fully saturated rings. The summed E-state index contributed by atoms with van der Waals surface area (Å²) in [6.07, 6.45) is 2.08. The largest absolute Gasteiger partial charge is 0.366 e. The van der Waals surface area contributed by atoms with Gasteiger partial charge in [-0.2, -0.15) is 5.26 Å². The Morgan fingerprint density at radius 2 is 2.31 bits per heavy atom. The van der Waals surface area contributed by atoms with Gasteiger partial charge in [0.1, 0.15) is 5.82 Å². The highest BCUT2D eigenvalue weighted by Crippen LogP contribution is 2.11. The number of aromatic nitrogens is 1. The molecule has 1 aromatic rings. The highest BCUT2D eigenvalue weighted by molar-refractivity contribution is 5.45. The Morgan fingerprint density at radius 3 is 2.88 bits per heavy atom. The molecular weight excluding hydrogens is 200 g/mol. The Balaban J connectivity index is 2.80. The van der Waals surface area contributed by atoms with Crippen LogP contribution in [0, 0.1) is 18.3 Å². The van der Waals surface area contributed by atoms with Gasteiger partial charge in [0.05, 0.1) is 11.6 Å². The second-order valence-electron chi connectivity index (χ2n) is 3.86. The van der Waals surface area contributed by atoms with Crippen LogP contribution in [0.5, 0.6) is 0 Å². The Labute approximate surface area is 96.5 Å². The molecule has 4 heteroatoms. The van der Waals surface area contributed by atoms with E-state index in [1.807, 2.05) is 6.92 Å². The van der Waals surface area contributed by atoms with E-state index >= 15 is 0 Å². The maximum atomic E-state index is 8.85. The summed E-state index contributed by atoms with van der Waals surface area (Å²) in [7, 11) is 0. The molecule has 0 aliphatic carbocycles. The maximum absolute atomic E-state index is 8.85. The topological polar surface area (TPSA) is 74.7 Å². The van der Waals surface area contributed by atoms with Crippen molar-refractivity contribution in [3.05, 3.63) is 23.4 Å². The van der Waals surface area contributed by atoms with Crippen LogP contribution in [-0.2, 0) is 0 Å². The van der Waals surface area contributed by atoms with E-state index in [4.69, 9.17) is 11.0 Å². The van der Waals surface area contributed by atoms with Crippen LogP contribution in [0.3, 0.4) is 0 Å². The Bertz CT molecular complexity index is 381. The number of nitriles is 1. The predicted molar refractivity (Wildman–Crippen MR) is 65.1 cm³/mol. The number of nitrogens with one attached hydrogen (secondary N) is 1. The molecule has 86 valence electrons. The summed E-state index contributed by atoms with van der Waals surface area (Å²) in [4.78, 5) is 4.33. The molecule has 0 saturated carbocycles. The highest BCUT2D eigenvalue weighted by Gasteiger charge is 2.07. The summed E-state index contributed by atoms with van der Waals surface area (Å²) in [6.45, 7) is 4.57. The van der Waals surface area contributed by atoms with Crippen LogP contribution in [0.4, 0.5) is 5.82 Å². The van der Waals surface area contributed by atoms with Gasteiger partial charge in [-0.25, -0.2) is 4.98 Å². The fourth-order valence-corrected chi connectivity index (χ4v) is 1.61. The van der Waals surface area contributed by atoms with Crippen LogP contribution in [0.25, 0.3) is 0 Å². The minimum absolute atomic E-state index is 0.228. The van der Waals surface area contributed by atoms with Crippen molar-refractivity contribution in [2.75, 3.05) is 11.9 Å². The monoisotopic (exact) mass is 218 g/mol. The number of nitrogens with two attached hydrogens (primary N) is 1. The van der Waals surface area contributed by atoms with Crippen molar-refractivity contribution in [2.45, 2.75) is 32.7 Å². The first-order valence-corrected chi connectivity index (χ1v) is 5.55. The molecule has 0 aliphatic rings. The van der Waals surface area contributed by atoms with E-state index < -0.39 is 0 Å². The highest BCUT2D eigenvalue weighted by atomic mass is 15.0. The summed E-state index contributed by atoms with van der Waals surface area (Å²) < 4.78 is 0. The van der Waals surface area contributed by atoms with Crippen molar-refractivity contribution in [3.8, 4) is 6.07 Å². The Hall–Kier alpha value is -1.60. The molecule has 0 spiro atoms. The lowest BCUT2D eigenvalue weighted by atomic mass is 10.1. The molecule has 1 heterocycles. The molecule has 1 rings (SSSR count). The van der Waals surface area contributed by atoms with Gasteiger partial charge in [0, 0.05) is 18.3 Å². The van der Waals surface area contributed by atoms with Crippen molar-refractivity contribution in [2.24, 2.45) is 5.73 Å². The molecule has 0 bridgehead atoms. The zero-order valence-corrected chi connectivity index (χ0v) is 9.83. The minimum atomic E-state index is 0.228. The van der Waals surface area contributed by atoms with Crippen LogP contribution in [0.15, 0.2) is 12.1 Å². The molecule has 1 atom stereocenters. The molecule has 4 nitrogen and oxygen atoms in total. The maximum Gasteiger partial charge on any atom is 0.127 e. The smallest absolute Gasteiger partial charge is 0.127 e. The van der Waals surface area contributed by atoms with Gasteiger partial charge in [-0.05, 0) is 25.5 Å². The third-order valence-corrected chi connectivity index (χ3v) is 2.36. The summed E-state index contributed by atoms with van der Waals surface area (Å²) in [5.41, 5.74) is 7.13. The quantitative estimate of drug-likeness (QED) is 0.790. The molecule has 1 unspecified atom stereocenters. The van der Waals surface area contributed by atoms with Crippen molar-refractivity contribution in [1.82, 2.24) is 4.98 Å². The van der Waals surface area contributed by atoms with Crippen LogP contribution in [-0.4, -0.2) is 17.6 Å². The molecule has 0 radical (unpaired) electrons. The first-order chi connectivity index (χ1) is 7.69. The van der Waals surface area contributed by atoms with Crippen LogP contribution >= 0.6 is 0 Å². The SMILES string of the molecule is CCCC(CN)Nc1cc(C#N)cc(C)n1. The average molecular weight is 218 g/mol. The first kappa shape index (κ1) is 12.5. The van der Waals surface area contributed by atoms with E-state index in [1.165, 1.54) is 0 Å². The number of anilines is 1. The van der Waals surface area contributed by atoms with E-state index in [0.717, 1.165) is 24.4 Å². The van der Waals surface area contributed by atoms with Gasteiger partial charge in [0.2, 0.25) is 0 Å². The van der Waals surface area contributed by atoms with E-state index in [0.29, 0.717) is 12.1 Å². The van der Waals surface area contributed by atoms with Gasteiger partial charge >= 0.3 is 0 Å². The van der Waals surface area contributed by atoms with Crippen LogP contribution in [0.2, 0.25) is 0 Å². The summed E-state index contributed by atoms with van der Waals surface area (Å²) in [6, 6.07) is 5.87. The molecule has 0 aromatic carbocycles. The number of hydrogen-bond acceptors (Lipinski definition) is 4. The normalized spacial score (nSPS) is 11.9. The lowest BCUT2D eigenvalue weighted by molar-refractivity contribution is 0.645. The minimum Gasteiger partial charge on any atom is -0.366 e. The molecular formula is C12H18N4. The van der Waals surface area contributed by atoms with Crippen LogP contribution < -0.4 is 11.1 Å². The second-order valence-corrected chi connectivity index (χ2v) is 3.86. The Morgan fingerprint density at radius 1 is 1.56 bits per heavy atom. The van der Waals surface area contributed by atoms with Gasteiger partial charge in [0.25, 0.3) is 0 Å². The molecule has 1 aromatic heterocycles. The molecule has 0 amide bonds. The number of hydrogen-bond donors (Lipinski definition) is 2. The van der Waals surface area contributed by atoms with E-state index in [9.17, 15) is 0 Å². The van der Waals surface area contributed by atoms with Crippen LogP contribution in [0.1, 0.15) is 31.0 Å². The van der Waals surface area contributed by atoms with E-state index in [2.05, 4.69) is 23.3 Å².